The van der Waals surface area contributed by atoms with Crippen molar-refractivity contribution in [3.63, 3.8) is 0 Å². The van der Waals surface area contributed by atoms with Crippen molar-refractivity contribution in [2.24, 2.45) is 0 Å². The summed E-state index contributed by atoms with van der Waals surface area (Å²) in [6, 6.07) is 0. The van der Waals surface area contributed by atoms with Crippen molar-refractivity contribution >= 4 is 4.72 Å². The minimum Gasteiger partial charge on any atom is -1.00 e. The van der Waals surface area contributed by atoms with E-state index in [4.69, 9.17) is 0 Å². The van der Waals surface area contributed by atoms with E-state index >= 15 is 0 Å². The van der Waals surface area contributed by atoms with Gasteiger partial charge in [-0.1, -0.05) is 0 Å². The summed E-state index contributed by atoms with van der Waals surface area (Å²) < 4.78 is -0.141. The minimum atomic E-state index is -0.141. The Balaban J connectivity index is -0.000000125. The third-order valence-electron chi connectivity index (χ3n) is 0.296. The van der Waals surface area contributed by atoms with Crippen LogP contribution in [0.1, 0.15) is 6.42 Å². The van der Waals surface area contributed by atoms with Gasteiger partial charge in [-0.05, 0) is 0 Å². The van der Waals surface area contributed by atoms with E-state index in [2.05, 4.69) is 22.3 Å². The molecule has 50 valence electrons. The molecule has 0 fully saturated rings. The molecule has 8 heavy (non-hydrogen) atoms. The maximum absolute atomic E-state index is 9.83. The van der Waals surface area contributed by atoms with Gasteiger partial charge < -0.3 is 48.0 Å². The molecule has 0 bridgehead atoms. The fourth-order valence-electron chi connectivity index (χ4n) is 0.107. The summed E-state index contributed by atoms with van der Waals surface area (Å²) >= 11 is 3.51. The summed E-state index contributed by atoms with van der Waals surface area (Å²) in [4.78, 5) is 9.83. The molecule has 0 aliphatic rings. The molecule has 1 nitrogen and oxygen atoms in total. The molecule has 0 aromatic heterocycles. The Labute approximate surface area is 91.3 Å². The van der Waals surface area contributed by atoms with Gasteiger partial charge in [-0.3, -0.25) is 0 Å². The number of rotatable bonds is 2. The molecule has 0 heterocycles. The standard InChI is InChI=1S/C4H5O.Co.2HI/c1-2-3-4-5;;;/h2H,1,3H2;;2*1H/q;+2;;/p-2. The Bertz CT molecular complexity index is 74.4. The van der Waals surface area contributed by atoms with Crippen LogP contribution in [0.25, 0.3) is 0 Å². The van der Waals surface area contributed by atoms with Gasteiger partial charge in [0.2, 0.25) is 0 Å². The van der Waals surface area contributed by atoms with Crippen LogP contribution in [0.4, 0.5) is 0 Å². The zero-order chi connectivity index (χ0) is 4.99. The predicted molar refractivity (Wildman–Crippen MR) is 19.8 cm³/mol. The summed E-state index contributed by atoms with van der Waals surface area (Å²) in [5, 5.41) is 0. The van der Waals surface area contributed by atoms with Gasteiger partial charge in [0.25, 0.3) is 0 Å². The first-order valence-electron chi connectivity index (χ1n) is 1.54. The van der Waals surface area contributed by atoms with Crippen LogP contribution in [0.2, 0.25) is 0 Å². The van der Waals surface area contributed by atoms with E-state index in [0.29, 0.717) is 6.42 Å². The molecule has 0 amide bonds. The van der Waals surface area contributed by atoms with E-state index in [-0.39, 0.29) is 52.7 Å². The number of carbonyl (C=O) groups excluding carboxylic acids is 1. The van der Waals surface area contributed by atoms with Gasteiger partial charge in [-0.25, -0.2) is 0 Å². The monoisotopic (exact) mass is 382 g/mol. The second kappa shape index (κ2) is 11.2. The molecule has 0 N–H and O–H groups in total. The molecule has 0 aromatic carbocycles. The predicted octanol–water partition coefficient (Wildman–Crippen LogP) is -5.36. The summed E-state index contributed by atoms with van der Waals surface area (Å²) in [6.45, 7) is 3.33. The first kappa shape index (κ1) is 16.2. The van der Waals surface area contributed by atoms with Crippen molar-refractivity contribution in [2.45, 2.75) is 6.42 Å². The maximum Gasteiger partial charge on any atom is -1.00 e. The van der Waals surface area contributed by atoms with E-state index in [1.54, 1.807) is 0 Å². The second-order valence-electron chi connectivity index (χ2n) is 0.823. The molecular weight excluding hydrogens is 377 g/mol. The van der Waals surface area contributed by atoms with Crippen LogP contribution in [-0.2, 0) is 20.5 Å². The van der Waals surface area contributed by atoms with Gasteiger partial charge in [-0.15, -0.1) is 0 Å². The van der Waals surface area contributed by atoms with Crippen LogP contribution in [0.3, 0.4) is 0 Å². The average Bonchev–Trinajstić information content (AvgIpc) is 1.35. The maximum atomic E-state index is 9.83. The van der Waals surface area contributed by atoms with Gasteiger partial charge in [0.1, 0.15) is 0 Å². The van der Waals surface area contributed by atoms with Crippen LogP contribution in [-0.4, -0.2) is 4.72 Å². The van der Waals surface area contributed by atoms with Gasteiger partial charge in [0, 0.05) is 0 Å². The van der Waals surface area contributed by atoms with Crippen LogP contribution >= 0.6 is 0 Å². The molecule has 0 radical (unpaired) electrons. The molecule has 0 saturated carbocycles. The largest absolute Gasteiger partial charge is 1.00 e. The van der Waals surface area contributed by atoms with Crippen molar-refractivity contribution in [3.05, 3.63) is 12.7 Å². The smallest absolute Gasteiger partial charge is 1.00 e. The van der Waals surface area contributed by atoms with Crippen molar-refractivity contribution in [2.75, 3.05) is 0 Å². The molecule has 0 rings (SSSR count). The van der Waals surface area contributed by atoms with Gasteiger partial charge in [0.15, 0.2) is 0 Å². The first-order chi connectivity index (χ1) is 2.77. The van der Waals surface area contributed by atoms with E-state index < -0.39 is 0 Å². The summed E-state index contributed by atoms with van der Waals surface area (Å²) in [5.74, 6) is 0. The molecule has 0 saturated heterocycles. The fourth-order valence-corrected chi connectivity index (χ4v) is 0.257. The molecule has 0 aliphatic carbocycles. The van der Waals surface area contributed by atoms with Crippen LogP contribution in [0.15, 0.2) is 12.7 Å². The third kappa shape index (κ3) is 15.7. The van der Waals surface area contributed by atoms with Crippen molar-refractivity contribution < 1.29 is 68.5 Å². The summed E-state index contributed by atoms with van der Waals surface area (Å²) in [5.41, 5.74) is 0. The minimum absolute atomic E-state index is 0. The van der Waals surface area contributed by atoms with Crippen molar-refractivity contribution in [1.82, 2.24) is 0 Å². The molecule has 0 atom stereocenters. The summed E-state index contributed by atoms with van der Waals surface area (Å²) in [7, 11) is 0. The molecule has 0 aliphatic heterocycles. The van der Waals surface area contributed by atoms with Crippen LogP contribution in [0.5, 0.6) is 0 Å². The van der Waals surface area contributed by atoms with Crippen molar-refractivity contribution in [3.8, 4) is 0 Å². The van der Waals surface area contributed by atoms with E-state index in [0.717, 1.165) is 0 Å². The molecule has 0 spiro atoms. The molecule has 0 aromatic rings. The molecular formula is C4H5CoI2O. The van der Waals surface area contributed by atoms with E-state index in [1.165, 1.54) is 6.08 Å². The number of allylic oxidation sites excluding steroid dienone is 1. The number of hydrogen-bond donors (Lipinski definition) is 0. The van der Waals surface area contributed by atoms with E-state index in [9.17, 15) is 4.79 Å². The van der Waals surface area contributed by atoms with Gasteiger partial charge >= 0.3 is 44.3 Å². The first-order valence-corrected chi connectivity index (χ1v) is 2.06. The zero-order valence-corrected chi connectivity index (χ0v) is 9.35. The van der Waals surface area contributed by atoms with E-state index in [1.807, 2.05) is 0 Å². The Morgan fingerprint density at radius 2 is 2.00 bits per heavy atom. The number of carbonyl (C=O) groups is 1. The Kier molecular flexibility index (Phi) is 22.7. The molecule has 4 heteroatoms. The quantitative estimate of drug-likeness (QED) is 0.345. The van der Waals surface area contributed by atoms with Crippen LogP contribution in [0, 0.1) is 0 Å². The Morgan fingerprint density at radius 3 is 2.00 bits per heavy atom. The Morgan fingerprint density at radius 1 is 1.62 bits per heavy atom. The average molecular weight is 382 g/mol. The van der Waals surface area contributed by atoms with Crippen molar-refractivity contribution in [1.29, 1.82) is 0 Å². The SMILES string of the molecule is C=CC[C](=O)[Co+2].[I-].[I-]. The third-order valence-corrected chi connectivity index (χ3v) is 0.508. The number of hydrogen-bond acceptors (Lipinski definition) is 1. The Hall–Kier alpha value is 1.38. The summed E-state index contributed by atoms with van der Waals surface area (Å²) in [6.07, 6.45) is 1.88. The number of halogens is 2. The van der Waals surface area contributed by atoms with Crippen LogP contribution < -0.4 is 48.0 Å². The van der Waals surface area contributed by atoms with Gasteiger partial charge in [0.05, 0.1) is 0 Å². The van der Waals surface area contributed by atoms with Gasteiger partial charge in [-0.2, -0.15) is 0 Å². The second-order valence-corrected chi connectivity index (χ2v) is 1.40. The topological polar surface area (TPSA) is 17.1 Å². The zero-order valence-electron chi connectivity index (χ0n) is 3.99. The fraction of sp³-hybridized carbons (Fsp3) is 0.250. The molecule has 0 unspecified atom stereocenters. The normalized spacial score (nSPS) is 5.62.